The number of aryl methyl sites for hydroxylation is 2. The van der Waals surface area contributed by atoms with Crippen molar-refractivity contribution in [2.45, 2.75) is 33.6 Å². The average Bonchev–Trinajstić information content (AvgIpc) is 3.15. The number of fused-ring (bicyclic) bond motifs is 1. The Morgan fingerprint density at radius 3 is 2.62 bits per heavy atom. The number of imidazole rings is 1. The molecule has 0 aliphatic heterocycles. The molecule has 0 aliphatic carbocycles. The van der Waals surface area contributed by atoms with Crippen molar-refractivity contribution in [1.29, 1.82) is 0 Å². The number of ether oxygens (including phenoxy) is 3. The van der Waals surface area contributed by atoms with E-state index >= 15 is 0 Å². The second-order valence-corrected chi connectivity index (χ2v) is 8.40. The molecule has 0 saturated carbocycles. The number of hydrogen-bond donors (Lipinski definition) is 0. The van der Waals surface area contributed by atoms with Crippen LogP contribution >= 0.6 is 11.6 Å². The summed E-state index contributed by atoms with van der Waals surface area (Å²) in [6, 6.07) is 13.0. The number of benzene rings is 2. The van der Waals surface area contributed by atoms with Gasteiger partial charge in [-0.05, 0) is 43.2 Å². The van der Waals surface area contributed by atoms with Crippen LogP contribution in [0.5, 0.6) is 5.75 Å². The summed E-state index contributed by atoms with van der Waals surface area (Å²) < 4.78 is 18.2. The molecule has 0 spiro atoms. The van der Waals surface area contributed by atoms with Crippen molar-refractivity contribution in [3.8, 4) is 5.75 Å². The van der Waals surface area contributed by atoms with Crippen LogP contribution in [0.3, 0.4) is 0 Å². The third kappa shape index (κ3) is 4.90. The Hall–Kier alpha value is -3.42. The number of carbonyl (C=O) groups excluding carboxylic acids is 1. The Kier molecular flexibility index (Phi) is 7.14. The van der Waals surface area contributed by atoms with Gasteiger partial charge in [0.05, 0.1) is 47.6 Å². The second-order valence-electron chi connectivity index (χ2n) is 8.00. The molecule has 0 fully saturated rings. The molecule has 2 aromatic heterocycles. The summed E-state index contributed by atoms with van der Waals surface area (Å²) in [4.78, 5) is 21.4. The third-order valence-electron chi connectivity index (χ3n) is 5.62. The predicted octanol–water partition coefficient (Wildman–Crippen LogP) is 5.26. The quantitative estimate of drug-likeness (QED) is 0.321. The zero-order valence-electron chi connectivity index (χ0n) is 19.6. The summed E-state index contributed by atoms with van der Waals surface area (Å²) >= 11 is 6.50. The fourth-order valence-electron chi connectivity index (χ4n) is 3.89. The van der Waals surface area contributed by atoms with Gasteiger partial charge in [0, 0.05) is 24.9 Å². The lowest BCUT2D eigenvalue weighted by Gasteiger charge is -2.12. The van der Waals surface area contributed by atoms with E-state index in [4.69, 9.17) is 30.8 Å². The summed E-state index contributed by atoms with van der Waals surface area (Å²) in [6.07, 6.45) is 1.78. The zero-order valence-corrected chi connectivity index (χ0v) is 20.3. The SMILES string of the molecule is COCc1cnc(Cn2c(C)nc3c(C)cc(OCc4ccccc4C(=O)OC)cc32)c(Cl)c1. The van der Waals surface area contributed by atoms with Crippen molar-refractivity contribution in [1.82, 2.24) is 14.5 Å². The number of nitrogens with zero attached hydrogens (tertiary/aromatic N) is 3. The van der Waals surface area contributed by atoms with Crippen LogP contribution in [-0.4, -0.2) is 34.7 Å². The maximum absolute atomic E-state index is 12.1. The van der Waals surface area contributed by atoms with Crippen LogP contribution in [0.25, 0.3) is 11.0 Å². The van der Waals surface area contributed by atoms with Gasteiger partial charge in [-0.15, -0.1) is 0 Å². The standard InChI is InChI=1S/C26H26ClN3O4/c1-16-9-20(34-15-19-7-5-6-8-21(19)26(31)33-4)11-24-25(16)29-17(2)30(24)13-23-22(27)10-18(12-28-23)14-32-3/h5-12H,13-15H2,1-4H3. The molecule has 4 rings (SSSR count). The Labute approximate surface area is 203 Å². The van der Waals surface area contributed by atoms with E-state index < -0.39 is 0 Å². The highest BCUT2D eigenvalue weighted by Crippen LogP contribution is 2.28. The van der Waals surface area contributed by atoms with E-state index in [0.717, 1.165) is 39.2 Å². The number of carbonyl (C=O) groups is 1. The molecule has 7 nitrogen and oxygen atoms in total. The first-order valence-corrected chi connectivity index (χ1v) is 11.2. The summed E-state index contributed by atoms with van der Waals surface area (Å²) in [5, 5.41) is 0.583. The van der Waals surface area contributed by atoms with E-state index in [-0.39, 0.29) is 12.6 Å². The fourth-order valence-corrected chi connectivity index (χ4v) is 4.14. The number of halogens is 1. The molecule has 2 aromatic carbocycles. The van der Waals surface area contributed by atoms with E-state index in [1.807, 2.05) is 44.2 Å². The average molecular weight is 480 g/mol. The molecule has 0 saturated heterocycles. The normalized spacial score (nSPS) is 11.1. The van der Waals surface area contributed by atoms with Crippen LogP contribution in [0, 0.1) is 13.8 Å². The smallest absolute Gasteiger partial charge is 0.338 e. The zero-order chi connectivity index (χ0) is 24.2. The second kappa shape index (κ2) is 10.2. The number of methoxy groups -OCH3 is 2. The Morgan fingerprint density at radius 1 is 1.09 bits per heavy atom. The third-order valence-corrected chi connectivity index (χ3v) is 5.95. The highest BCUT2D eigenvalue weighted by Gasteiger charge is 2.16. The molecule has 34 heavy (non-hydrogen) atoms. The van der Waals surface area contributed by atoms with Crippen molar-refractivity contribution in [2.24, 2.45) is 0 Å². The van der Waals surface area contributed by atoms with Gasteiger partial charge in [-0.25, -0.2) is 9.78 Å². The van der Waals surface area contributed by atoms with Crippen LogP contribution in [0.4, 0.5) is 0 Å². The van der Waals surface area contributed by atoms with Crippen molar-refractivity contribution >= 4 is 28.6 Å². The van der Waals surface area contributed by atoms with Gasteiger partial charge in [0.1, 0.15) is 18.2 Å². The lowest BCUT2D eigenvalue weighted by molar-refractivity contribution is 0.0597. The van der Waals surface area contributed by atoms with Crippen LogP contribution in [0.15, 0.2) is 48.7 Å². The molecular formula is C26H26ClN3O4. The fraction of sp³-hybridized carbons (Fsp3) is 0.269. The van der Waals surface area contributed by atoms with Crippen molar-refractivity contribution in [3.63, 3.8) is 0 Å². The topological polar surface area (TPSA) is 75.5 Å². The van der Waals surface area contributed by atoms with E-state index in [0.29, 0.717) is 29.5 Å². The van der Waals surface area contributed by atoms with Crippen molar-refractivity contribution in [3.05, 3.63) is 87.5 Å². The van der Waals surface area contributed by atoms with E-state index in [9.17, 15) is 4.79 Å². The van der Waals surface area contributed by atoms with E-state index in [1.54, 1.807) is 25.4 Å². The minimum atomic E-state index is -0.388. The number of aromatic nitrogens is 3. The monoisotopic (exact) mass is 479 g/mol. The Balaban J connectivity index is 1.64. The lowest BCUT2D eigenvalue weighted by atomic mass is 10.1. The maximum Gasteiger partial charge on any atom is 0.338 e. The van der Waals surface area contributed by atoms with Crippen molar-refractivity contribution in [2.75, 3.05) is 14.2 Å². The first-order chi connectivity index (χ1) is 16.4. The molecule has 0 bridgehead atoms. The molecule has 2 heterocycles. The number of esters is 1. The van der Waals surface area contributed by atoms with Gasteiger partial charge in [-0.3, -0.25) is 4.98 Å². The molecule has 0 aliphatic rings. The van der Waals surface area contributed by atoms with Gasteiger partial charge < -0.3 is 18.8 Å². The Bertz CT molecular complexity index is 1350. The van der Waals surface area contributed by atoms with Crippen LogP contribution in [0.1, 0.15) is 38.6 Å². The molecule has 0 amide bonds. The first-order valence-electron chi connectivity index (χ1n) is 10.8. The summed E-state index contributed by atoms with van der Waals surface area (Å²) in [5.41, 5.74) is 5.72. The number of rotatable bonds is 8. The minimum Gasteiger partial charge on any atom is -0.489 e. The molecule has 176 valence electrons. The highest BCUT2D eigenvalue weighted by atomic mass is 35.5. The highest BCUT2D eigenvalue weighted by molar-refractivity contribution is 6.31. The summed E-state index contributed by atoms with van der Waals surface area (Å²) in [5.74, 6) is 1.14. The molecular weight excluding hydrogens is 454 g/mol. The predicted molar refractivity (Wildman–Crippen MR) is 130 cm³/mol. The van der Waals surface area contributed by atoms with Gasteiger partial charge in [0.2, 0.25) is 0 Å². The van der Waals surface area contributed by atoms with Crippen LogP contribution in [0.2, 0.25) is 5.02 Å². The summed E-state index contributed by atoms with van der Waals surface area (Å²) in [7, 11) is 3.01. The molecule has 0 unspecified atom stereocenters. The Morgan fingerprint density at radius 2 is 1.88 bits per heavy atom. The minimum absolute atomic E-state index is 0.234. The summed E-state index contributed by atoms with van der Waals surface area (Å²) in [6.45, 7) is 5.12. The van der Waals surface area contributed by atoms with E-state index in [1.165, 1.54) is 7.11 Å². The molecule has 0 atom stereocenters. The number of pyridine rings is 1. The lowest BCUT2D eigenvalue weighted by Crippen LogP contribution is -2.08. The van der Waals surface area contributed by atoms with Gasteiger partial charge in [0.25, 0.3) is 0 Å². The van der Waals surface area contributed by atoms with Crippen LogP contribution in [-0.2, 0) is 29.2 Å². The van der Waals surface area contributed by atoms with Gasteiger partial charge in [-0.1, -0.05) is 29.8 Å². The van der Waals surface area contributed by atoms with Gasteiger partial charge >= 0.3 is 5.97 Å². The molecule has 0 N–H and O–H groups in total. The largest absolute Gasteiger partial charge is 0.489 e. The van der Waals surface area contributed by atoms with Crippen molar-refractivity contribution < 1.29 is 19.0 Å². The molecule has 8 heteroatoms. The maximum atomic E-state index is 12.1. The molecule has 4 aromatic rings. The van der Waals surface area contributed by atoms with E-state index in [2.05, 4.69) is 9.55 Å². The number of hydrogen-bond acceptors (Lipinski definition) is 6. The van der Waals surface area contributed by atoms with Crippen LogP contribution < -0.4 is 4.74 Å². The molecule has 0 radical (unpaired) electrons. The van der Waals surface area contributed by atoms with Gasteiger partial charge in [-0.2, -0.15) is 0 Å². The van der Waals surface area contributed by atoms with Gasteiger partial charge in [0.15, 0.2) is 0 Å². The first kappa shape index (κ1) is 23.7.